The van der Waals surface area contributed by atoms with Gasteiger partial charge in [-0.05, 0) is 56.2 Å². The molecule has 2 aromatic rings. The molecule has 1 aromatic carbocycles. The molecule has 2 aliphatic rings. The summed E-state index contributed by atoms with van der Waals surface area (Å²) in [5, 5.41) is 4.04. The highest BCUT2D eigenvalue weighted by Gasteiger charge is 2.27. The van der Waals surface area contributed by atoms with Crippen LogP contribution >= 0.6 is 11.8 Å². The van der Waals surface area contributed by atoms with Crippen LogP contribution in [0.2, 0.25) is 0 Å². The van der Waals surface area contributed by atoms with Gasteiger partial charge in [0.2, 0.25) is 0 Å². The fraction of sp³-hybridized carbons (Fsp3) is 0.526. The van der Waals surface area contributed by atoms with Crippen molar-refractivity contribution in [3.63, 3.8) is 0 Å². The van der Waals surface area contributed by atoms with E-state index >= 15 is 0 Å². The van der Waals surface area contributed by atoms with E-state index in [2.05, 4.69) is 22.0 Å². The van der Waals surface area contributed by atoms with Crippen molar-refractivity contribution in [3.05, 3.63) is 36.1 Å². The first-order valence-corrected chi connectivity index (χ1v) is 10.0. The van der Waals surface area contributed by atoms with Crippen LogP contribution in [0.15, 0.2) is 34.7 Å². The summed E-state index contributed by atoms with van der Waals surface area (Å²) in [7, 11) is 0. The number of para-hydroxylation sites is 1. The Morgan fingerprint density at radius 2 is 2.08 bits per heavy atom. The first-order chi connectivity index (χ1) is 11.8. The number of thioether (sulfide) groups is 1. The van der Waals surface area contributed by atoms with Gasteiger partial charge in [-0.25, -0.2) is 0 Å². The molecule has 1 unspecified atom stereocenters. The molecular formula is C19H24N2O2S. The van der Waals surface area contributed by atoms with Gasteiger partial charge in [0.15, 0.2) is 5.76 Å². The number of furan rings is 1. The van der Waals surface area contributed by atoms with Crippen LogP contribution in [0.3, 0.4) is 0 Å². The lowest BCUT2D eigenvalue weighted by Crippen LogP contribution is -2.43. The summed E-state index contributed by atoms with van der Waals surface area (Å²) in [5.74, 6) is 3.52. The van der Waals surface area contributed by atoms with Gasteiger partial charge in [0.1, 0.15) is 5.58 Å². The lowest BCUT2D eigenvalue weighted by Gasteiger charge is -2.35. The number of amides is 1. The second kappa shape index (κ2) is 7.19. The molecule has 0 saturated carbocycles. The fourth-order valence-corrected chi connectivity index (χ4v) is 5.01. The molecule has 5 heteroatoms. The van der Waals surface area contributed by atoms with E-state index in [0.717, 1.165) is 23.6 Å². The van der Waals surface area contributed by atoms with E-state index in [1.807, 2.05) is 30.3 Å². The largest absolute Gasteiger partial charge is 0.451 e. The summed E-state index contributed by atoms with van der Waals surface area (Å²) in [6.07, 6.45) is 3.71. The highest BCUT2D eigenvalue weighted by Crippen LogP contribution is 2.26. The Bertz CT molecular complexity index is 667. The van der Waals surface area contributed by atoms with E-state index in [-0.39, 0.29) is 5.91 Å². The molecule has 3 heterocycles. The molecule has 4 nitrogen and oxygen atoms in total. The molecule has 2 saturated heterocycles. The number of carbonyl (C=O) groups is 1. The van der Waals surface area contributed by atoms with Crippen molar-refractivity contribution < 1.29 is 9.21 Å². The maximum absolute atomic E-state index is 12.3. The predicted octanol–water partition coefficient (Wildman–Crippen LogP) is 3.38. The molecule has 1 N–H and O–H groups in total. The van der Waals surface area contributed by atoms with Crippen LogP contribution < -0.4 is 5.32 Å². The predicted molar refractivity (Wildman–Crippen MR) is 98.6 cm³/mol. The lowest BCUT2D eigenvalue weighted by atomic mass is 9.95. The van der Waals surface area contributed by atoms with Crippen LogP contribution in [-0.2, 0) is 0 Å². The minimum atomic E-state index is -0.0965. The molecule has 0 aliphatic carbocycles. The van der Waals surface area contributed by atoms with E-state index in [4.69, 9.17) is 4.42 Å². The van der Waals surface area contributed by atoms with Gasteiger partial charge < -0.3 is 9.73 Å². The number of hydrogen-bond donors (Lipinski definition) is 1. The van der Waals surface area contributed by atoms with Crippen LogP contribution in [-0.4, -0.2) is 48.0 Å². The third-order valence-corrected chi connectivity index (χ3v) is 6.42. The van der Waals surface area contributed by atoms with Crippen molar-refractivity contribution >= 4 is 28.6 Å². The SMILES string of the molecule is O=C(NCC1CCN(C2CCSC2)CC1)c1cc2ccccc2o1. The Kier molecular flexibility index (Phi) is 4.81. The average molecular weight is 344 g/mol. The number of likely N-dealkylation sites (tertiary alicyclic amines) is 1. The van der Waals surface area contributed by atoms with Crippen LogP contribution in [0.1, 0.15) is 29.8 Å². The molecule has 0 bridgehead atoms. The molecule has 2 fully saturated rings. The number of rotatable bonds is 4. The van der Waals surface area contributed by atoms with Crippen LogP contribution in [0.4, 0.5) is 0 Å². The minimum absolute atomic E-state index is 0.0965. The smallest absolute Gasteiger partial charge is 0.287 e. The van der Waals surface area contributed by atoms with Crippen molar-refractivity contribution in [2.45, 2.75) is 25.3 Å². The van der Waals surface area contributed by atoms with Gasteiger partial charge in [-0.15, -0.1) is 0 Å². The van der Waals surface area contributed by atoms with Gasteiger partial charge in [0.25, 0.3) is 5.91 Å². The molecule has 1 atom stereocenters. The number of carbonyl (C=O) groups excluding carboxylic acids is 1. The van der Waals surface area contributed by atoms with Crippen molar-refractivity contribution in [3.8, 4) is 0 Å². The minimum Gasteiger partial charge on any atom is -0.451 e. The molecule has 0 radical (unpaired) electrons. The molecule has 1 amide bonds. The first-order valence-electron chi connectivity index (χ1n) is 8.88. The average Bonchev–Trinajstić information content (AvgIpc) is 3.29. The Balaban J connectivity index is 1.27. The van der Waals surface area contributed by atoms with Crippen molar-refractivity contribution in [2.24, 2.45) is 5.92 Å². The number of fused-ring (bicyclic) bond motifs is 1. The second-order valence-electron chi connectivity index (χ2n) is 6.86. The number of piperidine rings is 1. The summed E-state index contributed by atoms with van der Waals surface area (Å²) >= 11 is 2.08. The van der Waals surface area contributed by atoms with Crippen molar-refractivity contribution in [2.75, 3.05) is 31.1 Å². The molecular weight excluding hydrogens is 320 g/mol. The summed E-state index contributed by atoms with van der Waals surface area (Å²) in [6, 6.07) is 10.3. The zero-order chi connectivity index (χ0) is 16.4. The number of hydrogen-bond acceptors (Lipinski definition) is 4. The Labute approximate surface area is 147 Å². The molecule has 2 aliphatic heterocycles. The zero-order valence-corrected chi connectivity index (χ0v) is 14.7. The van der Waals surface area contributed by atoms with Gasteiger partial charge in [-0.1, -0.05) is 18.2 Å². The summed E-state index contributed by atoms with van der Waals surface area (Å²) in [5.41, 5.74) is 0.769. The van der Waals surface area contributed by atoms with Gasteiger partial charge in [0, 0.05) is 23.7 Å². The summed E-state index contributed by atoms with van der Waals surface area (Å²) in [6.45, 7) is 3.11. The zero-order valence-electron chi connectivity index (χ0n) is 13.9. The van der Waals surface area contributed by atoms with Gasteiger partial charge in [-0.2, -0.15) is 11.8 Å². The molecule has 24 heavy (non-hydrogen) atoms. The maximum Gasteiger partial charge on any atom is 0.287 e. The van der Waals surface area contributed by atoms with E-state index in [1.54, 1.807) is 0 Å². The third-order valence-electron chi connectivity index (χ3n) is 5.27. The Morgan fingerprint density at radius 1 is 1.25 bits per heavy atom. The highest BCUT2D eigenvalue weighted by atomic mass is 32.2. The van der Waals surface area contributed by atoms with Crippen molar-refractivity contribution in [1.82, 2.24) is 10.2 Å². The first kappa shape index (κ1) is 16.0. The molecule has 1 aromatic heterocycles. The fourth-order valence-electron chi connectivity index (χ4n) is 3.75. The second-order valence-corrected chi connectivity index (χ2v) is 8.01. The number of nitrogens with one attached hydrogen (secondary N) is 1. The number of benzene rings is 1. The van der Waals surface area contributed by atoms with Gasteiger partial charge in [-0.3, -0.25) is 9.69 Å². The normalized spacial score (nSPS) is 22.9. The monoisotopic (exact) mass is 344 g/mol. The van der Waals surface area contributed by atoms with Gasteiger partial charge >= 0.3 is 0 Å². The van der Waals surface area contributed by atoms with Crippen LogP contribution in [0.25, 0.3) is 11.0 Å². The number of nitrogens with zero attached hydrogens (tertiary/aromatic N) is 1. The molecule has 0 spiro atoms. The summed E-state index contributed by atoms with van der Waals surface area (Å²) < 4.78 is 5.63. The van der Waals surface area contributed by atoms with E-state index in [9.17, 15) is 4.79 Å². The van der Waals surface area contributed by atoms with Gasteiger partial charge in [0.05, 0.1) is 0 Å². The van der Waals surface area contributed by atoms with E-state index < -0.39 is 0 Å². The lowest BCUT2D eigenvalue weighted by molar-refractivity contribution is 0.0903. The quantitative estimate of drug-likeness (QED) is 0.923. The van der Waals surface area contributed by atoms with E-state index in [1.165, 1.54) is 43.9 Å². The van der Waals surface area contributed by atoms with Crippen molar-refractivity contribution in [1.29, 1.82) is 0 Å². The maximum atomic E-state index is 12.3. The molecule has 128 valence electrons. The topological polar surface area (TPSA) is 45.5 Å². The molecule has 4 rings (SSSR count). The summed E-state index contributed by atoms with van der Waals surface area (Å²) in [4.78, 5) is 15.0. The Morgan fingerprint density at radius 3 is 2.83 bits per heavy atom. The van der Waals surface area contributed by atoms with Crippen LogP contribution in [0.5, 0.6) is 0 Å². The highest BCUT2D eigenvalue weighted by molar-refractivity contribution is 7.99. The third kappa shape index (κ3) is 3.47. The Hall–Kier alpha value is -1.46. The standard InChI is InChI=1S/C19H24N2O2S/c22-19(18-11-15-3-1-2-4-17(15)23-18)20-12-14-5-8-21(9-6-14)16-7-10-24-13-16/h1-4,11,14,16H,5-10,12-13H2,(H,20,22). The van der Waals surface area contributed by atoms with Crippen LogP contribution in [0, 0.1) is 5.92 Å². The van der Waals surface area contributed by atoms with E-state index in [0.29, 0.717) is 11.7 Å².